The standard InChI is InChI=1S/C8H10F3N3O3/c1-5-6(13-17-12-5)2-14(3-7(15)16)4-8(9,10)11/h2-4H2,1H3,(H,15,16). The minimum atomic E-state index is -4.47. The number of aliphatic carboxylic acids is 1. The third-order valence-electron chi connectivity index (χ3n) is 1.88. The first-order chi connectivity index (χ1) is 7.78. The number of alkyl halides is 3. The van der Waals surface area contributed by atoms with Gasteiger partial charge in [0.05, 0.1) is 13.1 Å². The van der Waals surface area contributed by atoms with Crippen molar-refractivity contribution in [1.82, 2.24) is 15.2 Å². The van der Waals surface area contributed by atoms with Gasteiger partial charge in [0, 0.05) is 6.54 Å². The summed E-state index contributed by atoms with van der Waals surface area (Å²) >= 11 is 0. The summed E-state index contributed by atoms with van der Waals surface area (Å²) in [7, 11) is 0. The summed E-state index contributed by atoms with van der Waals surface area (Å²) in [5.41, 5.74) is 0.526. The number of hydrogen-bond acceptors (Lipinski definition) is 5. The molecule has 0 radical (unpaired) electrons. The molecule has 0 aliphatic carbocycles. The number of rotatable bonds is 5. The van der Waals surface area contributed by atoms with E-state index in [1.165, 1.54) is 6.92 Å². The van der Waals surface area contributed by atoms with Gasteiger partial charge < -0.3 is 5.11 Å². The molecular formula is C8H10F3N3O3. The Morgan fingerprint density at radius 1 is 1.47 bits per heavy atom. The Labute approximate surface area is 94.0 Å². The van der Waals surface area contributed by atoms with Gasteiger partial charge >= 0.3 is 12.1 Å². The van der Waals surface area contributed by atoms with Crippen molar-refractivity contribution in [3.05, 3.63) is 11.4 Å². The molecule has 0 spiro atoms. The summed E-state index contributed by atoms with van der Waals surface area (Å²) in [4.78, 5) is 11.1. The van der Waals surface area contributed by atoms with Crippen molar-refractivity contribution in [3.63, 3.8) is 0 Å². The summed E-state index contributed by atoms with van der Waals surface area (Å²) in [5, 5.41) is 15.3. The van der Waals surface area contributed by atoms with Crippen molar-refractivity contribution in [2.24, 2.45) is 0 Å². The third kappa shape index (κ3) is 4.81. The van der Waals surface area contributed by atoms with Crippen LogP contribution in [0.5, 0.6) is 0 Å². The monoisotopic (exact) mass is 253 g/mol. The molecule has 0 saturated carbocycles. The minimum Gasteiger partial charge on any atom is -0.480 e. The largest absolute Gasteiger partial charge is 0.480 e. The fourth-order valence-corrected chi connectivity index (χ4v) is 1.22. The molecule has 0 fully saturated rings. The second-order valence-electron chi connectivity index (χ2n) is 3.45. The zero-order valence-electron chi connectivity index (χ0n) is 8.86. The Hall–Kier alpha value is -1.64. The van der Waals surface area contributed by atoms with Crippen LogP contribution in [0.2, 0.25) is 0 Å². The highest BCUT2D eigenvalue weighted by atomic mass is 19.4. The van der Waals surface area contributed by atoms with Crippen molar-refractivity contribution in [1.29, 1.82) is 0 Å². The number of carboxylic acids is 1. The fourth-order valence-electron chi connectivity index (χ4n) is 1.22. The Balaban J connectivity index is 2.70. The summed E-state index contributed by atoms with van der Waals surface area (Å²) in [6, 6.07) is 0. The third-order valence-corrected chi connectivity index (χ3v) is 1.88. The molecule has 1 rings (SSSR count). The van der Waals surface area contributed by atoms with E-state index in [9.17, 15) is 18.0 Å². The molecule has 1 aromatic heterocycles. The van der Waals surface area contributed by atoms with Crippen molar-refractivity contribution in [3.8, 4) is 0 Å². The van der Waals surface area contributed by atoms with Crippen molar-refractivity contribution >= 4 is 5.97 Å². The Morgan fingerprint density at radius 2 is 2.12 bits per heavy atom. The maximum atomic E-state index is 12.2. The van der Waals surface area contributed by atoms with E-state index in [4.69, 9.17) is 5.11 Å². The normalized spacial score (nSPS) is 12.1. The average molecular weight is 253 g/mol. The SMILES string of the molecule is Cc1nonc1CN(CC(=O)O)CC(F)(F)F. The number of carboxylic acid groups (broad SMARTS) is 1. The quantitative estimate of drug-likeness (QED) is 0.837. The van der Waals surface area contributed by atoms with Gasteiger partial charge in [0.1, 0.15) is 11.4 Å². The van der Waals surface area contributed by atoms with Crippen molar-refractivity contribution < 1.29 is 27.7 Å². The first-order valence-electron chi connectivity index (χ1n) is 4.57. The minimum absolute atomic E-state index is 0.190. The molecule has 0 saturated heterocycles. The number of carbonyl (C=O) groups is 1. The van der Waals surface area contributed by atoms with Crippen LogP contribution in [0.3, 0.4) is 0 Å². The van der Waals surface area contributed by atoms with Crippen LogP contribution in [-0.4, -0.2) is 45.6 Å². The van der Waals surface area contributed by atoms with Crippen LogP contribution >= 0.6 is 0 Å². The second-order valence-corrected chi connectivity index (χ2v) is 3.45. The summed E-state index contributed by atoms with van der Waals surface area (Å²) in [6.07, 6.45) is -4.47. The van der Waals surface area contributed by atoms with Crippen LogP contribution < -0.4 is 0 Å². The zero-order valence-corrected chi connectivity index (χ0v) is 8.86. The summed E-state index contributed by atoms with van der Waals surface area (Å²) in [5.74, 6) is -1.34. The molecule has 96 valence electrons. The molecule has 1 N–H and O–H groups in total. The maximum absolute atomic E-state index is 12.2. The van der Waals surface area contributed by atoms with Gasteiger partial charge in [-0.2, -0.15) is 13.2 Å². The molecule has 0 aliphatic rings. The van der Waals surface area contributed by atoms with Crippen LogP contribution in [0, 0.1) is 6.92 Å². The van der Waals surface area contributed by atoms with E-state index in [0.29, 0.717) is 10.6 Å². The Bertz CT molecular complexity index is 391. The molecule has 0 aromatic carbocycles. The van der Waals surface area contributed by atoms with Gasteiger partial charge in [0.25, 0.3) is 0 Å². The van der Waals surface area contributed by atoms with E-state index in [1.54, 1.807) is 0 Å². The van der Waals surface area contributed by atoms with Crippen LogP contribution in [0.25, 0.3) is 0 Å². The van der Waals surface area contributed by atoms with Gasteiger partial charge in [0.15, 0.2) is 0 Å². The second kappa shape index (κ2) is 5.13. The van der Waals surface area contributed by atoms with Gasteiger partial charge in [0.2, 0.25) is 0 Å². The van der Waals surface area contributed by atoms with E-state index in [2.05, 4.69) is 14.9 Å². The van der Waals surface area contributed by atoms with Gasteiger partial charge in [-0.1, -0.05) is 10.3 Å². The lowest BCUT2D eigenvalue weighted by atomic mass is 10.3. The molecule has 0 bridgehead atoms. The molecule has 1 aromatic rings. The lowest BCUT2D eigenvalue weighted by Crippen LogP contribution is -2.37. The number of halogens is 3. The highest BCUT2D eigenvalue weighted by Gasteiger charge is 2.32. The molecular weight excluding hydrogens is 243 g/mol. The van der Waals surface area contributed by atoms with Gasteiger partial charge in [-0.15, -0.1) is 0 Å². The van der Waals surface area contributed by atoms with Gasteiger partial charge in [-0.3, -0.25) is 9.69 Å². The van der Waals surface area contributed by atoms with E-state index >= 15 is 0 Å². The lowest BCUT2D eigenvalue weighted by molar-refractivity contribution is -0.155. The molecule has 0 atom stereocenters. The summed E-state index contributed by atoms with van der Waals surface area (Å²) in [6.45, 7) is -0.822. The molecule has 0 amide bonds. The van der Waals surface area contributed by atoms with Crippen LogP contribution in [-0.2, 0) is 11.3 Å². The van der Waals surface area contributed by atoms with Crippen molar-refractivity contribution in [2.45, 2.75) is 19.6 Å². The molecule has 0 aliphatic heterocycles. The first kappa shape index (κ1) is 13.4. The first-order valence-corrected chi connectivity index (χ1v) is 4.57. The predicted molar refractivity (Wildman–Crippen MR) is 48.0 cm³/mol. The van der Waals surface area contributed by atoms with Crippen molar-refractivity contribution in [2.75, 3.05) is 13.1 Å². The number of nitrogens with zero attached hydrogens (tertiary/aromatic N) is 3. The zero-order chi connectivity index (χ0) is 13.1. The Kier molecular flexibility index (Phi) is 4.05. The topological polar surface area (TPSA) is 79.5 Å². The van der Waals surface area contributed by atoms with E-state index in [1.807, 2.05) is 0 Å². The van der Waals surface area contributed by atoms with E-state index < -0.39 is 25.2 Å². The Morgan fingerprint density at radius 3 is 2.53 bits per heavy atom. The average Bonchev–Trinajstić information content (AvgIpc) is 2.47. The number of aromatic nitrogens is 2. The number of aryl methyl sites for hydroxylation is 1. The molecule has 9 heteroatoms. The number of hydrogen-bond donors (Lipinski definition) is 1. The van der Waals surface area contributed by atoms with E-state index in [0.717, 1.165) is 0 Å². The molecule has 1 heterocycles. The predicted octanol–water partition coefficient (Wildman–Crippen LogP) is 0.827. The van der Waals surface area contributed by atoms with E-state index in [-0.39, 0.29) is 12.2 Å². The van der Waals surface area contributed by atoms with Crippen LogP contribution in [0.4, 0.5) is 13.2 Å². The molecule has 0 unspecified atom stereocenters. The van der Waals surface area contributed by atoms with Gasteiger partial charge in [-0.05, 0) is 6.92 Å². The van der Waals surface area contributed by atoms with Crippen LogP contribution in [0.1, 0.15) is 11.4 Å². The molecule has 17 heavy (non-hydrogen) atoms. The van der Waals surface area contributed by atoms with Gasteiger partial charge in [-0.25, -0.2) is 4.63 Å². The highest BCUT2D eigenvalue weighted by molar-refractivity contribution is 5.69. The summed E-state index contributed by atoms with van der Waals surface area (Å²) < 4.78 is 40.9. The lowest BCUT2D eigenvalue weighted by Gasteiger charge is -2.20. The fraction of sp³-hybridized carbons (Fsp3) is 0.625. The smallest absolute Gasteiger partial charge is 0.401 e. The highest BCUT2D eigenvalue weighted by Crippen LogP contribution is 2.18. The maximum Gasteiger partial charge on any atom is 0.401 e. The molecule has 6 nitrogen and oxygen atoms in total. The van der Waals surface area contributed by atoms with Crippen LogP contribution in [0.15, 0.2) is 4.63 Å².